The van der Waals surface area contributed by atoms with Gasteiger partial charge in [-0.2, -0.15) is 18.3 Å². The Morgan fingerprint density at radius 2 is 1.96 bits per heavy atom. The molecule has 0 radical (unpaired) electrons. The van der Waals surface area contributed by atoms with E-state index in [2.05, 4.69) is 5.10 Å². The highest BCUT2D eigenvalue weighted by Crippen LogP contribution is 2.41. The molecule has 3 rings (SSSR count). The average molecular weight is 384 g/mol. The predicted molar refractivity (Wildman–Crippen MR) is 94.5 cm³/mol. The van der Waals surface area contributed by atoms with Gasteiger partial charge in [-0.3, -0.25) is 4.79 Å². The molecule has 0 spiro atoms. The lowest BCUT2D eigenvalue weighted by Gasteiger charge is -2.26. The number of carbonyl (C=O) groups is 1. The number of hydrogen-bond acceptors (Lipinski definition) is 2. The van der Waals surface area contributed by atoms with E-state index in [1.54, 1.807) is 0 Å². The predicted octanol–water partition coefficient (Wildman–Crippen LogP) is 5.65. The summed E-state index contributed by atoms with van der Waals surface area (Å²) in [5, 5.41) is 4.47. The molecule has 2 heterocycles. The zero-order chi connectivity index (χ0) is 19.8. The second-order valence-electron chi connectivity index (χ2n) is 8.02. The summed E-state index contributed by atoms with van der Waals surface area (Å²) in [6.45, 7) is 2.75. The summed E-state index contributed by atoms with van der Waals surface area (Å²) >= 11 is 0. The highest BCUT2D eigenvalue weighted by molar-refractivity contribution is 5.79. The second kappa shape index (κ2) is 7.24. The monoisotopic (exact) mass is 384 g/mol. The maximum absolute atomic E-state index is 13.6. The van der Waals surface area contributed by atoms with Gasteiger partial charge in [-0.1, -0.05) is 6.42 Å². The third-order valence-corrected chi connectivity index (χ3v) is 5.08. The van der Waals surface area contributed by atoms with Crippen molar-refractivity contribution in [3.63, 3.8) is 0 Å². The Labute approximate surface area is 155 Å². The maximum Gasteiger partial charge on any atom is 0.416 e. The van der Waals surface area contributed by atoms with E-state index in [0.29, 0.717) is 18.4 Å². The number of aromatic nitrogens is 2. The third-order valence-electron chi connectivity index (χ3n) is 5.08. The van der Waals surface area contributed by atoms with E-state index < -0.39 is 17.4 Å². The minimum atomic E-state index is -4.39. The number of rotatable bonds is 7. The van der Waals surface area contributed by atoms with Crippen LogP contribution in [0.25, 0.3) is 5.52 Å². The summed E-state index contributed by atoms with van der Waals surface area (Å²) in [7, 11) is 0. The van der Waals surface area contributed by atoms with Crippen molar-refractivity contribution >= 4 is 11.3 Å². The van der Waals surface area contributed by atoms with E-state index >= 15 is 0 Å². The van der Waals surface area contributed by atoms with Crippen LogP contribution >= 0.6 is 0 Å². The van der Waals surface area contributed by atoms with Gasteiger partial charge >= 0.3 is 6.18 Å². The van der Waals surface area contributed by atoms with Crippen LogP contribution in [-0.2, 0) is 17.4 Å². The smallest absolute Gasteiger partial charge is 0.300 e. The van der Waals surface area contributed by atoms with Gasteiger partial charge in [0.15, 0.2) is 0 Å². The van der Waals surface area contributed by atoms with Crippen molar-refractivity contribution < 1.29 is 22.4 Å². The van der Waals surface area contributed by atoms with E-state index in [-0.39, 0.29) is 24.5 Å². The topological polar surface area (TPSA) is 34.4 Å². The third kappa shape index (κ3) is 4.68. The lowest BCUT2D eigenvalue weighted by atomic mass is 9.78. The van der Waals surface area contributed by atoms with Crippen molar-refractivity contribution in [1.29, 1.82) is 0 Å². The Bertz CT molecular complexity index is 829. The van der Waals surface area contributed by atoms with Crippen LogP contribution in [0.1, 0.15) is 75.1 Å². The SMILES string of the molecule is CC(C)(F)CC(=O)CCCc1nn2ccc(C(F)(F)F)cc2c1C1CCC1. The Hall–Kier alpha value is -1.92. The molecule has 1 aliphatic rings. The Kier molecular flexibility index (Phi) is 5.32. The lowest BCUT2D eigenvalue weighted by Crippen LogP contribution is -2.18. The van der Waals surface area contributed by atoms with Crippen LogP contribution < -0.4 is 0 Å². The van der Waals surface area contributed by atoms with Crippen molar-refractivity contribution in [3.8, 4) is 0 Å². The normalized spacial score (nSPS) is 15.9. The average Bonchev–Trinajstić information content (AvgIpc) is 2.81. The van der Waals surface area contributed by atoms with Gasteiger partial charge < -0.3 is 0 Å². The molecule has 0 amide bonds. The van der Waals surface area contributed by atoms with Gasteiger partial charge in [-0.25, -0.2) is 8.91 Å². The molecule has 3 nitrogen and oxygen atoms in total. The molecule has 1 aliphatic carbocycles. The molecule has 148 valence electrons. The number of Topliss-reactive ketones (excluding diaryl/α,β-unsaturated/α-hetero) is 1. The summed E-state index contributed by atoms with van der Waals surface area (Å²) in [5.74, 6) is 0.0808. The molecule has 0 N–H and O–H groups in total. The van der Waals surface area contributed by atoms with E-state index in [0.717, 1.165) is 36.6 Å². The molecule has 0 aliphatic heterocycles. The number of halogens is 4. The van der Waals surface area contributed by atoms with E-state index in [9.17, 15) is 22.4 Å². The number of pyridine rings is 1. The van der Waals surface area contributed by atoms with Crippen LogP contribution in [0.4, 0.5) is 17.6 Å². The fraction of sp³-hybridized carbons (Fsp3) is 0.600. The zero-order valence-corrected chi connectivity index (χ0v) is 15.6. The van der Waals surface area contributed by atoms with Gasteiger partial charge in [-0.05, 0) is 57.6 Å². The minimum absolute atomic E-state index is 0.122. The molecule has 2 aromatic rings. The van der Waals surface area contributed by atoms with Crippen LogP contribution in [0.5, 0.6) is 0 Å². The standard InChI is InChI=1S/C20H24F4N2O/c1-19(2,21)12-15(27)7-4-8-16-18(13-5-3-6-13)17-11-14(20(22,23)24)9-10-26(17)25-16/h9-11,13H,3-8,12H2,1-2H3. The summed E-state index contributed by atoms with van der Waals surface area (Å²) in [5.41, 5.74) is -0.0642. The quantitative estimate of drug-likeness (QED) is 0.578. The molecular formula is C20H24F4N2O. The Morgan fingerprint density at radius 1 is 1.26 bits per heavy atom. The summed E-state index contributed by atoms with van der Waals surface area (Å²) < 4.78 is 54.3. The second-order valence-corrected chi connectivity index (χ2v) is 8.02. The van der Waals surface area contributed by atoms with Crippen molar-refractivity contribution in [2.45, 2.75) is 76.6 Å². The molecule has 1 fully saturated rings. The highest BCUT2D eigenvalue weighted by atomic mass is 19.4. The van der Waals surface area contributed by atoms with E-state index in [1.165, 1.54) is 30.6 Å². The van der Waals surface area contributed by atoms with Crippen molar-refractivity contribution in [3.05, 3.63) is 35.2 Å². The largest absolute Gasteiger partial charge is 0.416 e. The van der Waals surface area contributed by atoms with Crippen LogP contribution in [0.3, 0.4) is 0 Å². The van der Waals surface area contributed by atoms with Crippen LogP contribution in [0.15, 0.2) is 18.3 Å². The highest BCUT2D eigenvalue weighted by Gasteiger charge is 2.33. The first-order valence-corrected chi connectivity index (χ1v) is 9.33. The number of ketones is 1. The van der Waals surface area contributed by atoms with Crippen molar-refractivity contribution in [2.24, 2.45) is 0 Å². The van der Waals surface area contributed by atoms with Gasteiger partial charge in [0.1, 0.15) is 11.5 Å². The summed E-state index contributed by atoms with van der Waals surface area (Å²) in [6.07, 6.45) is 1.05. The number of fused-ring (bicyclic) bond motifs is 1. The Balaban J connectivity index is 1.81. The fourth-order valence-electron chi connectivity index (χ4n) is 3.63. The van der Waals surface area contributed by atoms with E-state index in [1.807, 2.05) is 0 Å². The molecule has 0 aromatic carbocycles. The first kappa shape index (κ1) is 19.8. The first-order chi connectivity index (χ1) is 12.5. The zero-order valence-electron chi connectivity index (χ0n) is 15.6. The molecule has 2 aromatic heterocycles. The van der Waals surface area contributed by atoms with Crippen molar-refractivity contribution in [2.75, 3.05) is 0 Å². The van der Waals surface area contributed by atoms with Crippen molar-refractivity contribution in [1.82, 2.24) is 9.61 Å². The molecule has 0 atom stereocenters. The fourth-order valence-corrected chi connectivity index (χ4v) is 3.63. The molecular weight excluding hydrogens is 360 g/mol. The van der Waals surface area contributed by atoms with Gasteiger partial charge in [0.05, 0.1) is 16.8 Å². The summed E-state index contributed by atoms with van der Waals surface area (Å²) in [6, 6.07) is 2.20. The minimum Gasteiger partial charge on any atom is -0.300 e. The number of aryl methyl sites for hydroxylation is 1. The molecule has 0 saturated heterocycles. The summed E-state index contributed by atoms with van der Waals surface area (Å²) in [4.78, 5) is 11.9. The molecule has 7 heteroatoms. The number of hydrogen-bond donors (Lipinski definition) is 0. The van der Waals surface area contributed by atoms with Gasteiger partial charge in [0.25, 0.3) is 0 Å². The van der Waals surface area contributed by atoms with Gasteiger partial charge in [0, 0.05) is 24.6 Å². The lowest BCUT2D eigenvalue weighted by molar-refractivity contribution is -0.137. The maximum atomic E-state index is 13.6. The van der Waals surface area contributed by atoms with E-state index in [4.69, 9.17) is 0 Å². The van der Waals surface area contributed by atoms with Gasteiger partial charge in [0.2, 0.25) is 0 Å². The Morgan fingerprint density at radius 3 is 2.52 bits per heavy atom. The van der Waals surface area contributed by atoms with Gasteiger partial charge in [-0.15, -0.1) is 0 Å². The molecule has 1 saturated carbocycles. The number of carbonyl (C=O) groups excluding carboxylic acids is 1. The van der Waals surface area contributed by atoms with Crippen LogP contribution in [0.2, 0.25) is 0 Å². The first-order valence-electron chi connectivity index (χ1n) is 9.33. The number of nitrogens with zero attached hydrogens (tertiary/aromatic N) is 2. The molecule has 0 unspecified atom stereocenters. The molecule has 0 bridgehead atoms. The molecule has 27 heavy (non-hydrogen) atoms. The van der Waals surface area contributed by atoms with Crippen LogP contribution in [0, 0.1) is 0 Å². The van der Waals surface area contributed by atoms with Crippen LogP contribution in [-0.4, -0.2) is 21.1 Å². The number of alkyl halides is 4.